The Hall–Kier alpha value is -3.96. The lowest BCUT2D eigenvalue weighted by molar-refractivity contribution is 0.103. The first-order chi connectivity index (χ1) is 16.4. The van der Waals surface area contributed by atoms with Crippen LogP contribution in [0.2, 0.25) is 5.02 Å². The number of ether oxygens (including phenoxy) is 2. The van der Waals surface area contributed by atoms with Gasteiger partial charge in [-0.15, -0.1) is 11.3 Å². The molecule has 0 unspecified atom stereocenters. The number of thiophene rings is 1. The third kappa shape index (κ3) is 3.55. The van der Waals surface area contributed by atoms with Gasteiger partial charge >= 0.3 is 6.03 Å². The van der Waals surface area contributed by atoms with E-state index in [1.807, 2.05) is 0 Å². The van der Waals surface area contributed by atoms with Crippen LogP contribution in [0.4, 0.5) is 32.1 Å². The molecule has 3 amide bonds. The normalized spacial score (nSPS) is 12.5. The molecule has 9 nitrogen and oxygen atoms in total. The molecule has 2 aromatic carbocycles. The van der Waals surface area contributed by atoms with Crippen molar-refractivity contribution in [2.45, 2.75) is 0 Å². The molecule has 0 fully saturated rings. The molecule has 4 aromatic rings. The summed E-state index contributed by atoms with van der Waals surface area (Å²) < 4.78 is 24.2. The van der Waals surface area contributed by atoms with Crippen molar-refractivity contribution in [1.82, 2.24) is 9.97 Å². The number of carbonyl (C=O) groups is 2. The molecule has 0 aliphatic carbocycles. The molecule has 0 bridgehead atoms. The van der Waals surface area contributed by atoms with Crippen LogP contribution in [0.3, 0.4) is 0 Å². The SMILES string of the molecule is COc1ccc(NC(=O)c2sc3ncnc4c3c2NC(=O)N4c2ccc(F)c(Cl)c2)cc1OC. The van der Waals surface area contributed by atoms with Crippen LogP contribution in [0.25, 0.3) is 10.2 Å². The van der Waals surface area contributed by atoms with E-state index in [4.69, 9.17) is 21.1 Å². The first-order valence-electron chi connectivity index (χ1n) is 9.78. The van der Waals surface area contributed by atoms with Crippen LogP contribution in [0.1, 0.15) is 9.67 Å². The molecule has 0 atom stereocenters. The predicted molar refractivity (Wildman–Crippen MR) is 127 cm³/mol. The van der Waals surface area contributed by atoms with Gasteiger partial charge in [0.05, 0.1) is 36.0 Å². The molecule has 0 saturated heterocycles. The number of rotatable bonds is 5. The molecule has 1 aliphatic rings. The summed E-state index contributed by atoms with van der Waals surface area (Å²) in [6.07, 6.45) is 1.30. The fourth-order valence-corrected chi connectivity index (χ4v) is 4.75. The second-order valence-corrected chi connectivity index (χ2v) is 8.48. The first-order valence-corrected chi connectivity index (χ1v) is 11.0. The molecule has 34 heavy (non-hydrogen) atoms. The summed E-state index contributed by atoms with van der Waals surface area (Å²) in [5, 5.41) is 5.89. The van der Waals surface area contributed by atoms with E-state index < -0.39 is 17.8 Å². The lowest BCUT2D eigenvalue weighted by Gasteiger charge is -2.27. The minimum Gasteiger partial charge on any atom is -0.493 e. The number of amides is 3. The van der Waals surface area contributed by atoms with Crippen molar-refractivity contribution in [1.29, 1.82) is 0 Å². The van der Waals surface area contributed by atoms with E-state index in [2.05, 4.69) is 20.6 Å². The summed E-state index contributed by atoms with van der Waals surface area (Å²) in [6, 6.07) is 8.29. The fourth-order valence-electron chi connectivity index (χ4n) is 3.59. The van der Waals surface area contributed by atoms with Gasteiger partial charge in [-0.05, 0) is 30.3 Å². The molecule has 3 heterocycles. The molecular formula is C22H15ClFN5O4S. The summed E-state index contributed by atoms with van der Waals surface area (Å²) in [6.45, 7) is 0. The molecule has 0 saturated carbocycles. The zero-order valence-corrected chi connectivity index (χ0v) is 19.3. The summed E-state index contributed by atoms with van der Waals surface area (Å²) in [5.41, 5.74) is 1.09. The van der Waals surface area contributed by atoms with E-state index >= 15 is 0 Å². The number of nitrogens with zero attached hydrogens (tertiary/aromatic N) is 3. The van der Waals surface area contributed by atoms with Gasteiger partial charge in [0.2, 0.25) is 0 Å². The molecule has 0 spiro atoms. The van der Waals surface area contributed by atoms with E-state index in [-0.39, 0.29) is 15.7 Å². The number of carbonyl (C=O) groups excluding carboxylic acids is 2. The number of hydrogen-bond donors (Lipinski definition) is 2. The number of halogens is 2. The topological polar surface area (TPSA) is 106 Å². The maximum atomic E-state index is 13.7. The van der Waals surface area contributed by atoms with Gasteiger partial charge in [-0.1, -0.05) is 11.6 Å². The van der Waals surface area contributed by atoms with Crippen molar-refractivity contribution >= 4 is 68.0 Å². The summed E-state index contributed by atoms with van der Waals surface area (Å²) in [5.74, 6) is 0.169. The molecule has 0 radical (unpaired) electrons. The predicted octanol–water partition coefficient (Wildman–Crippen LogP) is 5.44. The Morgan fingerprint density at radius 1 is 1.15 bits per heavy atom. The number of nitrogens with one attached hydrogen (secondary N) is 2. The quantitative estimate of drug-likeness (QED) is 0.379. The van der Waals surface area contributed by atoms with Crippen molar-refractivity contribution in [3.8, 4) is 11.5 Å². The van der Waals surface area contributed by atoms with Crippen molar-refractivity contribution < 1.29 is 23.5 Å². The number of benzene rings is 2. The van der Waals surface area contributed by atoms with Gasteiger partial charge in [0.15, 0.2) is 17.3 Å². The van der Waals surface area contributed by atoms with Gasteiger partial charge < -0.3 is 20.1 Å². The minimum absolute atomic E-state index is 0.137. The fraction of sp³-hybridized carbons (Fsp3) is 0.0909. The molecule has 12 heteroatoms. The van der Waals surface area contributed by atoms with Crippen LogP contribution < -0.4 is 25.0 Å². The van der Waals surface area contributed by atoms with Crippen molar-refractivity contribution in [2.24, 2.45) is 0 Å². The third-order valence-corrected chi connectivity index (χ3v) is 6.51. The van der Waals surface area contributed by atoms with Crippen LogP contribution in [0.15, 0.2) is 42.7 Å². The smallest absolute Gasteiger partial charge is 0.332 e. The van der Waals surface area contributed by atoms with Gasteiger partial charge in [0, 0.05) is 11.8 Å². The van der Waals surface area contributed by atoms with E-state index in [9.17, 15) is 14.0 Å². The zero-order chi connectivity index (χ0) is 24.0. The van der Waals surface area contributed by atoms with Crippen molar-refractivity contribution in [2.75, 3.05) is 29.8 Å². The van der Waals surface area contributed by atoms with Gasteiger partial charge in [-0.3, -0.25) is 4.79 Å². The highest BCUT2D eigenvalue weighted by Gasteiger charge is 2.34. The first kappa shape index (κ1) is 21.9. The lowest BCUT2D eigenvalue weighted by Crippen LogP contribution is -2.35. The van der Waals surface area contributed by atoms with E-state index in [1.54, 1.807) is 18.2 Å². The Bertz CT molecular complexity index is 1480. The van der Waals surface area contributed by atoms with Gasteiger partial charge in [0.25, 0.3) is 5.91 Å². The molecule has 2 N–H and O–H groups in total. The van der Waals surface area contributed by atoms with Gasteiger partial charge in [-0.2, -0.15) is 0 Å². The maximum Gasteiger partial charge on any atom is 0.332 e. The second kappa shape index (κ2) is 8.43. The number of hydrogen-bond acceptors (Lipinski definition) is 7. The highest BCUT2D eigenvalue weighted by Crippen LogP contribution is 2.45. The largest absolute Gasteiger partial charge is 0.493 e. The highest BCUT2D eigenvalue weighted by atomic mass is 35.5. The molecule has 2 aromatic heterocycles. The number of aromatic nitrogens is 2. The number of urea groups is 1. The summed E-state index contributed by atoms with van der Waals surface area (Å²) >= 11 is 7.02. The highest BCUT2D eigenvalue weighted by molar-refractivity contribution is 7.21. The van der Waals surface area contributed by atoms with Crippen molar-refractivity contribution in [3.63, 3.8) is 0 Å². The maximum absolute atomic E-state index is 13.7. The molecule has 172 valence electrons. The number of anilines is 4. The summed E-state index contributed by atoms with van der Waals surface area (Å²) in [4.78, 5) is 36.7. The zero-order valence-electron chi connectivity index (χ0n) is 17.7. The van der Waals surface area contributed by atoms with Crippen LogP contribution in [-0.2, 0) is 0 Å². The minimum atomic E-state index is -0.610. The second-order valence-electron chi connectivity index (χ2n) is 7.07. The van der Waals surface area contributed by atoms with Gasteiger partial charge in [0.1, 0.15) is 21.9 Å². The average molecular weight is 500 g/mol. The van der Waals surface area contributed by atoms with E-state index in [0.29, 0.717) is 38.8 Å². The van der Waals surface area contributed by atoms with E-state index in [0.717, 1.165) is 17.4 Å². The Kier molecular flexibility index (Phi) is 5.42. The van der Waals surface area contributed by atoms with Crippen LogP contribution in [-0.4, -0.2) is 36.1 Å². The third-order valence-electron chi connectivity index (χ3n) is 5.12. The van der Waals surface area contributed by atoms with Crippen LogP contribution in [0.5, 0.6) is 11.5 Å². The van der Waals surface area contributed by atoms with E-state index in [1.165, 1.54) is 37.6 Å². The monoisotopic (exact) mass is 499 g/mol. The molecule has 5 rings (SSSR count). The standard InChI is InChI=1S/C22H15ClFN5O4S/c1-32-14-6-3-10(7-15(14)33-2)27-20(30)18-17-16-19(25-9-26-21(16)34-18)29(22(31)28-17)11-4-5-13(24)12(23)8-11/h3-9H,1-2H3,(H,27,30)(H,28,31). The lowest BCUT2D eigenvalue weighted by atomic mass is 10.2. The average Bonchev–Trinajstić information content (AvgIpc) is 3.20. The summed E-state index contributed by atoms with van der Waals surface area (Å²) in [7, 11) is 3.01. The number of methoxy groups -OCH3 is 2. The van der Waals surface area contributed by atoms with Crippen LogP contribution in [0, 0.1) is 5.82 Å². The Morgan fingerprint density at radius 3 is 2.68 bits per heavy atom. The van der Waals surface area contributed by atoms with Crippen LogP contribution >= 0.6 is 22.9 Å². The van der Waals surface area contributed by atoms with Crippen molar-refractivity contribution in [3.05, 3.63) is 58.4 Å². The Morgan fingerprint density at radius 2 is 1.94 bits per heavy atom. The Balaban J connectivity index is 1.55. The Labute approximate surface area is 201 Å². The molecule has 1 aliphatic heterocycles. The molecular weight excluding hydrogens is 485 g/mol. The van der Waals surface area contributed by atoms with Gasteiger partial charge in [-0.25, -0.2) is 24.1 Å².